The summed E-state index contributed by atoms with van der Waals surface area (Å²) in [6.07, 6.45) is 3.59. The summed E-state index contributed by atoms with van der Waals surface area (Å²) in [5, 5.41) is 4.22. The Bertz CT molecular complexity index is 679. The highest BCUT2D eigenvalue weighted by atomic mass is 32.1. The van der Waals surface area contributed by atoms with Gasteiger partial charge in [-0.3, -0.25) is 0 Å². The SMILES string of the molecule is Cc1ncc(-c2ccnc(Nc3ccccc3)n2)s1. The standard InChI is InChI=1S/C14H12N4S/c1-10-16-9-13(19-10)12-7-8-15-14(18-12)17-11-5-3-2-4-6-11/h2-9H,1H3,(H,15,17,18). The van der Waals surface area contributed by atoms with Crippen LogP contribution in [0.1, 0.15) is 5.01 Å². The fourth-order valence-corrected chi connectivity index (χ4v) is 2.43. The van der Waals surface area contributed by atoms with Crippen molar-refractivity contribution in [2.24, 2.45) is 0 Å². The highest BCUT2D eigenvalue weighted by molar-refractivity contribution is 7.15. The number of aromatic nitrogens is 3. The number of nitrogens with one attached hydrogen (secondary N) is 1. The molecule has 94 valence electrons. The summed E-state index contributed by atoms with van der Waals surface area (Å²) < 4.78 is 0. The van der Waals surface area contributed by atoms with Crippen LogP contribution in [-0.2, 0) is 0 Å². The molecule has 5 heteroatoms. The zero-order chi connectivity index (χ0) is 13.1. The van der Waals surface area contributed by atoms with Crippen molar-refractivity contribution < 1.29 is 0 Å². The Morgan fingerprint density at radius 3 is 2.63 bits per heavy atom. The van der Waals surface area contributed by atoms with E-state index >= 15 is 0 Å². The largest absolute Gasteiger partial charge is 0.324 e. The molecule has 0 aliphatic heterocycles. The van der Waals surface area contributed by atoms with Crippen molar-refractivity contribution in [3.8, 4) is 10.6 Å². The van der Waals surface area contributed by atoms with Gasteiger partial charge in [-0.1, -0.05) is 18.2 Å². The van der Waals surface area contributed by atoms with Crippen LogP contribution < -0.4 is 5.32 Å². The van der Waals surface area contributed by atoms with Crippen LogP contribution in [0, 0.1) is 6.92 Å². The van der Waals surface area contributed by atoms with Crippen LogP contribution in [0.5, 0.6) is 0 Å². The summed E-state index contributed by atoms with van der Waals surface area (Å²) >= 11 is 1.63. The minimum atomic E-state index is 0.592. The van der Waals surface area contributed by atoms with Crippen LogP contribution in [0.2, 0.25) is 0 Å². The first-order valence-corrected chi connectivity index (χ1v) is 6.71. The van der Waals surface area contributed by atoms with Gasteiger partial charge in [0, 0.05) is 18.1 Å². The molecule has 0 unspecified atom stereocenters. The number of benzene rings is 1. The number of thiazole rings is 1. The van der Waals surface area contributed by atoms with Gasteiger partial charge in [-0.25, -0.2) is 15.0 Å². The van der Waals surface area contributed by atoms with Gasteiger partial charge in [0.2, 0.25) is 5.95 Å². The molecule has 0 saturated heterocycles. The number of hydrogen-bond donors (Lipinski definition) is 1. The van der Waals surface area contributed by atoms with E-state index in [1.807, 2.05) is 49.5 Å². The molecule has 0 amide bonds. The maximum Gasteiger partial charge on any atom is 0.227 e. The lowest BCUT2D eigenvalue weighted by atomic mass is 10.3. The van der Waals surface area contributed by atoms with Crippen LogP contribution in [-0.4, -0.2) is 15.0 Å². The predicted octanol–water partition coefficient (Wildman–Crippen LogP) is 3.65. The molecule has 19 heavy (non-hydrogen) atoms. The highest BCUT2D eigenvalue weighted by Gasteiger charge is 2.05. The van der Waals surface area contributed by atoms with E-state index in [-0.39, 0.29) is 0 Å². The fraction of sp³-hybridized carbons (Fsp3) is 0.0714. The number of nitrogens with zero attached hydrogens (tertiary/aromatic N) is 3. The van der Waals surface area contributed by atoms with Gasteiger partial charge in [-0.15, -0.1) is 11.3 Å². The van der Waals surface area contributed by atoms with Crippen molar-refractivity contribution in [2.45, 2.75) is 6.92 Å². The average Bonchev–Trinajstić information content (AvgIpc) is 2.87. The first kappa shape index (κ1) is 11.8. The molecule has 0 aliphatic rings. The Morgan fingerprint density at radius 2 is 1.89 bits per heavy atom. The second kappa shape index (κ2) is 5.16. The van der Waals surface area contributed by atoms with Crippen LogP contribution in [0.4, 0.5) is 11.6 Å². The second-order valence-electron chi connectivity index (χ2n) is 4.00. The number of hydrogen-bond acceptors (Lipinski definition) is 5. The second-order valence-corrected chi connectivity index (χ2v) is 5.23. The Hall–Kier alpha value is -2.27. The molecular formula is C14H12N4S. The smallest absolute Gasteiger partial charge is 0.227 e. The number of aryl methyl sites for hydroxylation is 1. The van der Waals surface area contributed by atoms with Crippen molar-refractivity contribution >= 4 is 23.0 Å². The predicted molar refractivity (Wildman–Crippen MR) is 77.6 cm³/mol. The van der Waals surface area contributed by atoms with E-state index in [1.54, 1.807) is 17.5 Å². The highest BCUT2D eigenvalue weighted by Crippen LogP contribution is 2.24. The Balaban J connectivity index is 1.88. The molecule has 0 atom stereocenters. The lowest BCUT2D eigenvalue weighted by molar-refractivity contribution is 1.17. The maximum absolute atomic E-state index is 4.50. The van der Waals surface area contributed by atoms with Crippen molar-refractivity contribution in [1.29, 1.82) is 0 Å². The molecule has 1 N–H and O–H groups in total. The van der Waals surface area contributed by atoms with Gasteiger partial charge in [0.25, 0.3) is 0 Å². The molecule has 3 aromatic rings. The lowest BCUT2D eigenvalue weighted by Gasteiger charge is -2.05. The van der Waals surface area contributed by atoms with Crippen molar-refractivity contribution in [2.75, 3.05) is 5.32 Å². The quantitative estimate of drug-likeness (QED) is 0.787. The van der Waals surface area contributed by atoms with Gasteiger partial charge < -0.3 is 5.32 Å². The lowest BCUT2D eigenvalue weighted by Crippen LogP contribution is -1.96. The third-order valence-corrected chi connectivity index (χ3v) is 3.49. The van der Waals surface area contributed by atoms with Crippen LogP contribution >= 0.6 is 11.3 Å². The molecule has 2 aromatic heterocycles. The van der Waals surface area contributed by atoms with Crippen LogP contribution in [0.3, 0.4) is 0 Å². The van der Waals surface area contributed by atoms with E-state index in [2.05, 4.69) is 20.3 Å². The van der Waals surface area contributed by atoms with E-state index in [0.717, 1.165) is 21.3 Å². The van der Waals surface area contributed by atoms with E-state index in [4.69, 9.17) is 0 Å². The molecule has 0 fully saturated rings. The average molecular weight is 268 g/mol. The van der Waals surface area contributed by atoms with E-state index in [1.165, 1.54) is 0 Å². The summed E-state index contributed by atoms with van der Waals surface area (Å²) in [5.41, 5.74) is 1.86. The molecule has 4 nitrogen and oxygen atoms in total. The van der Waals surface area contributed by atoms with Gasteiger partial charge in [-0.05, 0) is 25.1 Å². The first-order valence-electron chi connectivity index (χ1n) is 5.89. The Morgan fingerprint density at radius 1 is 1.05 bits per heavy atom. The fourth-order valence-electron chi connectivity index (χ4n) is 1.69. The van der Waals surface area contributed by atoms with Crippen molar-refractivity contribution in [1.82, 2.24) is 15.0 Å². The summed E-state index contributed by atoms with van der Waals surface area (Å²) in [6, 6.07) is 11.8. The van der Waals surface area contributed by atoms with E-state index in [0.29, 0.717) is 5.95 Å². The van der Waals surface area contributed by atoms with Crippen molar-refractivity contribution in [3.05, 3.63) is 53.8 Å². The zero-order valence-corrected chi connectivity index (χ0v) is 11.2. The Labute approximate surface area is 115 Å². The van der Waals surface area contributed by atoms with Crippen LogP contribution in [0.25, 0.3) is 10.6 Å². The molecule has 0 aliphatic carbocycles. The van der Waals surface area contributed by atoms with Gasteiger partial charge in [0.1, 0.15) is 0 Å². The van der Waals surface area contributed by atoms with E-state index in [9.17, 15) is 0 Å². The number of para-hydroxylation sites is 1. The molecule has 0 radical (unpaired) electrons. The number of rotatable bonds is 3. The normalized spacial score (nSPS) is 10.4. The molecule has 0 spiro atoms. The van der Waals surface area contributed by atoms with Gasteiger partial charge in [-0.2, -0.15) is 0 Å². The maximum atomic E-state index is 4.50. The molecule has 0 saturated carbocycles. The summed E-state index contributed by atoms with van der Waals surface area (Å²) in [5.74, 6) is 0.592. The zero-order valence-electron chi connectivity index (χ0n) is 10.4. The van der Waals surface area contributed by atoms with Gasteiger partial charge >= 0.3 is 0 Å². The van der Waals surface area contributed by atoms with Gasteiger partial charge in [0.05, 0.1) is 15.6 Å². The molecule has 3 rings (SSSR count). The van der Waals surface area contributed by atoms with Crippen molar-refractivity contribution in [3.63, 3.8) is 0 Å². The third-order valence-electron chi connectivity index (χ3n) is 2.56. The van der Waals surface area contributed by atoms with Crippen LogP contribution in [0.15, 0.2) is 48.8 Å². The molecule has 1 aromatic carbocycles. The molecule has 2 heterocycles. The van der Waals surface area contributed by atoms with E-state index < -0.39 is 0 Å². The first-order chi connectivity index (χ1) is 9.31. The topological polar surface area (TPSA) is 50.7 Å². The monoisotopic (exact) mass is 268 g/mol. The third kappa shape index (κ3) is 2.77. The number of anilines is 2. The molecular weight excluding hydrogens is 256 g/mol. The summed E-state index contributed by atoms with van der Waals surface area (Å²) in [7, 11) is 0. The summed E-state index contributed by atoms with van der Waals surface area (Å²) in [4.78, 5) is 14.0. The Kier molecular flexibility index (Phi) is 3.20. The minimum Gasteiger partial charge on any atom is -0.324 e. The van der Waals surface area contributed by atoms with Gasteiger partial charge in [0.15, 0.2) is 0 Å². The minimum absolute atomic E-state index is 0.592. The molecule has 0 bridgehead atoms. The summed E-state index contributed by atoms with van der Waals surface area (Å²) in [6.45, 7) is 1.98.